The second kappa shape index (κ2) is 6.11. The van der Waals surface area contributed by atoms with E-state index in [0.29, 0.717) is 11.3 Å². The van der Waals surface area contributed by atoms with Gasteiger partial charge in [-0.2, -0.15) is 0 Å². The molecule has 2 aromatic heterocycles. The summed E-state index contributed by atoms with van der Waals surface area (Å²) in [7, 11) is 0. The minimum atomic E-state index is -0.189. The number of ketones is 1. The number of anilines is 2. The summed E-state index contributed by atoms with van der Waals surface area (Å²) in [6.45, 7) is 5.51. The van der Waals surface area contributed by atoms with E-state index in [0.717, 1.165) is 37.6 Å². The highest BCUT2D eigenvalue weighted by molar-refractivity contribution is 6.10. The number of rotatable bonds is 3. The number of aromatic nitrogens is 2. The molecule has 0 spiro atoms. The molecule has 1 saturated heterocycles. The highest BCUT2D eigenvalue weighted by Gasteiger charge is 2.17. The highest BCUT2D eigenvalue weighted by atomic mass is 16.1. The zero-order valence-electron chi connectivity index (χ0n) is 12.5. The predicted molar refractivity (Wildman–Crippen MR) is 86.1 cm³/mol. The third kappa shape index (κ3) is 2.92. The van der Waals surface area contributed by atoms with Gasteiger partial charge in [-0.1, -0.05) is 6.07 Å². The number of nitrogens with zero attached hydrogens (tertiary/aromatic N) is 3. The molecule has 114 valence electrons. The number of nitrogens with two attached hydrogens (primary N) is 1. The molecule has 3 rings (SSSR count). The molecule has 3 heterocycles. The van der Waals surface area contributed by atoms with Crippen molar-refractivity contribution in [3.63, 3.8) is 0 Å². The summed E-state index contributed by atoms with van der Waals surface area (Å²) in [5, 5.41) is 3.30. The van der Waals surface area contributed by atoms with E-state index in [9.17, 15) is 4.79 Å². The van der Waals surface area contributed by atoms with Crippen molar-refractivity contribution >= 4 is 17.4 Å². The van der Waals surface area contributed by atoms with Crippen LogP contribution in [0.2, 0.25) is 0 Å². The maximum absolute atomic E-state index is 12.6. The Kier molecular flexibility index (Phi) is 4.02. The van der Waals surface area contributed by atoms with Gasteiger partial charge in [0.05, 0.1) is 5.56 Å². The van der Waals surface area contributed by atoms with E-state index in [1.165, 1.54) is 0 Å². The summed E-state index contributed by atoms with van der Waals surface area (Å²) in [6, 6.07) is 7.26. The van der Waals surface area contributed by atoms with Gasteiger partial charge in [0.15, 0.2) is 0 Å². The lowest BCUT2D eigenvalue weighted by atomic mass is 10.1. The number of piperazine rings is 1. The van der Waals surface area contributed by atoms with E-state index in [2.05, 4.69) is 20.2 Å². The van der Waals surface area contributed by atoms with Crippen molar-refractivity contribution in [2.45, 2.75) is 6.92 Å². The maximum atomic E-state index is 12.6. The molecule has 22 heavy (non-hydrogen) atoms. The first kappa shape index (κ1) is 14.5. The number of nitrogens with one attached hydrogen (secondary N) is 1. The number of nitrogen functional groups attached to an aromatic ring is 1. The zero-order valence-corrected chi connectivity index (χ0v) is 12.5. The molecular weight excluding hydrogens is 278 g/mol. The molecule has 3 N–H and O–H groups in total. The number of aryl methyl sites for hydroxylation is 1. The number of hydrogen-bond donors (Lipinski definition) is 2. The maximum Gasteiger partial charge on any atom is 0.215 e. The van der Waals surface area contributed by atoms with Gasteiger partial charge in [-0.15, -0.1) is 0 Å². The molecule has 2 aromatic rings. The number of pyridine rings is 2. The van der Waals surface area contributed by atoms with Gasteiger partial charge in [-0.05, 0) is 30.7 Å². The summed E-state index contributed by atoms with van der Waals surface area (Å²) < 4.78 is 0. The Morgan fingerprint density at radius 1 is 1.32 bits per heavy atom. The Morgan fingerprint density at radius 2 is 2.09 bits per heavy atom. The summed E-state index contributed by atoms with van der Waals surface area (Å²) >= 11 is 0. The first-order valence-electron chi connectivity index (χ1n) is 7.35. The molecular formula is C16H19N5O. The number of carbonyl (C=O) groups is 1. The topological polar surface area (TPSA) is 84.1 Å². The molecule has 1 fully saturated rings. The lowest BCUT2D eigenvalue weighted by molar-refractivity contribution is 0.103. The van der Waals surface area contributed by atoms with E-state index < -0.39 is 0 Å². The molecule has 0 bridgehead atoms. The minimum absolute atomic E-state index is 0.189. The minimum Gasteiger partial charge on any atom is -0.383 e. The van der Waals surface area contributed by atoms with Crippen LogP contribution in [-0.4, -0.2) is 41.9 Å². The largest absolute Gasteiger partial charge is 0.383 e. The Balaban J connectivity index is 1.91. The molecule has 0 radical (unpaired) electrons. The van der Waals surface area contributed by atoms with Crippen molar-refractivity contribution in [3.05, 3.63) is 47.3 Å². The van der Waals surface area contributed by atoms with Crippen molar-refractivity contribution < 1.29 is 4.79 Å². The molecule has 6 nitrogen and oxygen atoms in total. The first-order valence-corrected chi connectivity index (χ1v) is 7.35. The number of hydrogen-bond acceptors (Lipinski definition) is 6. The smallest absolute Gasteiger partial charge is 0.215 e. The molecule has 0 unspecified atom stereocenters. The van der Waals surface area contributed by atoms with Gasteiger partial charge in [-0.25, -0.2) is 9.97 Å². The van der Waals surface area contributed by atoms with Crippen molar-refractivity contribution in [1.82, 2.24) is 15.3 Å². The average molecular weight is 297 g/mol. The highest BCUT2D eigenvalue weighted by Crippen LogP contribution is 2.18. The van der Waals surface area contributed by atoms with Crippen LogP contribution in [0.25, 0.3) is 0 Å². The van der Waals surface area contributed by atoms with Crippen LogP contribution in [0, 0.1) is 6.92 Å². The molecule has 0 amide bonds. The normalized spacial score (nSPS) is 14.9. The van der Waals surface area contributed by atoms with Gasteiger partial charge in [0.2, 0.25) is 5.78 Å². The fraction of sp³-hybridized carbons (Fsp3) is 0.312. The molecule has 0 saturated carbocycles. The third-order valence-corrected chi connectivity index (χ3v) is 3.71. The van der Waals surface area contributed by atoms with Crippen LogP contribution >= 0.6 is 0 Å². The second-order valence-corrected chi connectivity index (χ2v) is 5.39. The quantitative estimate of drug-likeness (QED) is 0.823. The fourth-order valence-corrected chi connectivity index (χ4v) is 2.52. The van der Waals surface area contributed by atoms with Crippen molar-refractivity contribution in [2.75, 3.05) is 36.8 Å². The average Bonchev–Trinajstić information content (AvgIpc) is 2.57. The van der Waals surface area contributed by atoms with Crippen LogP contribution in [0.5, 0.6) is 0 Å². The SMILES string of the molecule is Cc1cnc(N)c(C(=O)c2cccc(N3CCNCC3)n2)c1. The van der Waals surface area contributed by atoms with Gasteiger partial charge in [-0.3, -0.25) is 4.79 Å². The summed E-state index contributed by atoms with van der Waals surface area (Å²) in [5.74, 6) is 0.877. The summed E-state index contributed by atoms with van der Waals surface area (Å²) in [4.78, 5) is 23.4. The van der Waals surface area contributed by atoms with Crippen LogP contribution in [0.1, 0.15) is 21.6 Å². The third-order valence-electron chi connectivity index (χ3n) is 3.71. The molecule has 0 aliphatic carbocycles. The van der Waals surface area contributed by atoms with E-state index in [-0.39, 0.29) is 11.6 Å². The van der Waals surface area contributed by atoms with Gasteiger partial charge >= 0.3 is 0 Å². The van der Waals surface area contributed by atoms with E-state index in [1.54, 1.807) is 18.3 Å². The first-order chi connectivity index (χ1) is 10.6. The molecule has 6 heteroatoms. The Morgan fingerprint density at radius 3 is 2.86 bits per heavy atom. The van der Waals surface area contributed by atoms with Gasteiger partial charge in [0, 0.05) is 32.4 Å². The van der Waals surface area contributed by atoms with Crippen molar-refractivity contribution in [1.29, 1.82) is 0 Å². The Hall–Kier alpha value is -2.47. The van der Waals surface area contributed by atoms with E-state index >= 15 is 0 Å². The van der Waals surface area contributed by atoms with Crippen LogP contribution in [-0.2, 0) is 0 Å². The van der Waals surface area contributed by atoms with Crippen LogP contribution in [0.15, 0.2) is 30.5 Å². The lowest BCUT2D eigenvalue weighted by Gasteiger charge is -2.28. The fourth-order valence-electron chi connectivity index (χ4n) is 2.52. The second-order valence-electron chi connectivity index (χ2n) is 5.39. The Labute approximate surface area is 129 Å². The number of carbonyl (C=O) groups excluding carboxylic acids is 1. The van der Waals surface area contributed by atoms with Crippen molar-refractivity contribution in [2.24, 2.45) is 0 Å². The molecule has 0 atom stereocenters. The summed E-state index contributed by atoms with van der Waals surface area (Å²) in [5.41, 5.74) is 7.53. The predicted octanol–water partition coefficient (Wildman–Crippen LogP) is 1.01. The lowest BCUT2D eigenvalue weighted by Crippen LogP contribution is -2.44. The Bertz CT molecular complexity index is 695. The molecule has 0 aromatic carbocycles. The van der Waals surface area contributed by atoms with Gasteiger partial charge in [0.1, 0.15) is 17.3 Å². The van der Waals surface area contributed by atoms with Crippen LogP contribution < -0.4 is 16.0 Å². The van der Waals surface area contributed by atoms with Gasteiger partial charge < -0.3 is 16.0 Å². The van der Waals surface area contributed by atoms with Crippen LogP contribution in [0.3, 0.4) is 0 Å². The zero-order chi connectivity index (χ0) is 15.5. The van der Waals surface area contributed by atoms with Crippen LogP contribution in [0.4, 0.5) is 11.6 Å². The van der Waals surface area contributed by atoms with E-state index in [1.807, 2.05) is 19.1 Å². The molecule has 1 aliphatic heterocycles. The molecule has 1 aliphatic rings. The van der Waals surface area contributed by atoms with Gasteiger partial charge in [0.25, 0.3) is 0 Å². The van der Waals surface area contributed by atoms with E-state index in [4.69, 9.17) is 5.73 Å². The van der Waals surface area contributed by atoms with Crippen molar-refractivity contribution in [3.8, 4) is 0 Å². The monoisotopic (exact) mass is 297 g/mol. The summed E-state index contributed by atoms with van der Waals surface area (Å²) in [6.07, 6.45) is 1.65. The standard InChI is InChI=1S/C16H19N5O/c1-11-9-12(16(17)19-10-11)15(22)13-3-2-4-14(20-13)21-7-5-18-6-8-21/h2-4,9-10,18H,5-8H2,1H3,(H2,17,19).